The quantitative estimate of drug-likeness (QED) is 0.525. The van der Waals surface area contributed by atoms with E-state index in [4.69, 9.17) is 0 Å². The number of anilines is 1. The summed E-state index contributed by atoms with van der Waals surface area (Å²) in [6, 6.07) is 13.4. The molecule has 1 aromatic carbocycles. The Morgan fingerprint density at radius 3 is 2.80 bits per heavy atom. The van der Waals surface area contributed by atoms with E-state index in [0.29, 0.717) is 12.5 Å². The Balaban J connectivity index is 1.50. The first kappa shape index (κ1) is 15.1. The summed E-state index contributed by atoms with van der Waals surface area (Å²) in [5, 5.41) is 4.42. The largest absolute Gasteiger partial charge is 0.361 e. The van der Waals surface area contributed by atoms with Crippen LogP contribution in [0.4, 0.5) is 5.95 Å². The number of aromatic nitrogens is 4. The van der Waals surface area contributed by atoms with Gasteiger partial charge in [0.05, 0.1) is 5.69 Å². The molecule has 4 aromatic rings. The molecule has 0 spiro atoms. The van der Waals surface area contributed by atoms with Crippen LogP contribution in [0.15, 0.2) is 65.8 Å². The van der Waals surface area contributed by atoms with Gasteiger partial charge < -0.3 is 15.3 Å². The minimum absolute atomic E-state index is 0.278. The van der Waals surface area contributed by atoms with E-state index in [0.717, 1.165) is 23.2 Å². The molecule has 0 radical (unpaired) electrons. The van der Waals surface area contributed by atoms with Gasteiger partial charge in [-0.15, -0.1) is 0 Å². The van der Waals surface area contributed by atoms with Gasteiger partial charge in [0.15, 0.2) is 0 Å². The number of aromatic amines is 2. The van der Waals surface area contributed by atoms with E-state index < -0.39 is 0 Å². The van der Waals surface area contributed by atoms with Gasteiger partial charge >= 0.3 is 0 Å². The molecule has 0 aliphatic rings. The van der Waals surface area contributed by atoms with Crippen molar-refractivity contribution in [2.75, 3.05) is 11.9 Å². The smallest absolute Gasteiger partial charge is 0.275 e. The molecule has 0 saturated carbocycles. The molecule has 0 aliphatic carbocycles. The van der Waals surface area contributed by atoms with Crippen molar-refractivity contribution in [3.8, 4) is 11.3 Å². The minimum atomic E-state index is -0.278. The van der Waals surface area contributed by atoms with Gasteiger partial charge in [0, 0.05) is 47.7 Å². The van der Waals surface area contributed by atoms with Gasteiger partial charge in [-0.25, -0.2) is 0 Å². The topological polar surface area (TPSA) is 86.5 Å². The fourth-order valence-corrected chi connectivity index (χ4v) is 2.88. The first-order chi connectivity index (χ1) is 12.3. The predicted octanol–water partition coefficient (Wildman–Crippen LogP) is 2.97. The number of rotatable bonds is 5. The number of fused-ring (bicyclic) bond motifs is 1. The van der Waals surface area contributed by atoms with Crippen LogP contribution in [-0.4, -0.2) is 26.5 Å². The van der Waals surface area contributed by atoms with Crippen molar-refractivity contribution in [1.29, 1.82) is 0 Å². The number of pyridine rings is 1. The van der Waals surface area contributed by atoms with Crippen molar-refractivity contribution in [2.24, 2.45) is 0 Å². The van der Waals surface area contributed by atoms with Gasteiger partial charge in [-0.05, 0) is 30.2 Å². The third kappa shape index (κ3) is 3.28. The molecule has 0 amide bonds. The number of hydrogen-bond donors (Lipinski definition) is 3. The normalized spacial score (nSPS) is 10.9. The zero-order chi connectivity index (χ0) is 17.1. The van der Waals surface area contributed by atoms with Crippen LogP contribution in [0.5, 0.6) is 0 Å². The molecule has 6 nitrogen and oxygen atoms in total. The highest BCUT2D eigenvalue weighted by Crippen LogP contribution is 2.18. The second-order valence-electron chi connectivity index (χ2n) is 5.75. The Morgan fingerprint density at radius 2 is 1.92 bits per heavy atom. The molecule has 0 unspecified atom stereocenters. The molecule has 4 rings (SSSR count). The van der Waals surface area contributed by atoms with Crippen molar-refractivity contribution < 1.29 is 0 Å². The highest BCUT2D eigenvalue weighted by Gasteiger charge is 2.05. The molecule has 0 aliphatic heterocycles. The lowest BCUT2D eigenvalue weighted by Crippen LogP contribution is -2.14. The van der Waals surface area contributed by atoms with Crippen LogP contribution in [0.1, 0.15) is 5.56 Å². The van der Waals surface area contributed by atoms with Crippen LogP contribution in [0.25, 0.3) is 22.2 Å². The lowest BCUT2D eigenvalue weighted by molar-refractivity contribution is 0.983. The van der Waals surface area contributed by atoms with Gasteiger partial charge in [0.1, 0.15) is 0 Å². The van der Waals surface area contributed by atoms with Gasteiger partial charge in [0.2, 0.25) is 5.95 Å². The van der Waals surface area contributed by atoms with Crippen LogP contribution in [0.3, 0.4) is 0 Å². The van der Waals surface area contributed by atoms with E-state index in [1.54, 1.807) is 12.4 Å². The standard InChI is InChI=1S/C19H17N5O/c25-18-11-17(13-5-8-20-9-6-13)23-19(24-18)21-10-7-14-12-22-16-4-2-1-3-15(14)16/h1-6,8-9,11-12,22H,7,10H2,(H2,21,23,24,25). The summed E-state index contributed by atoms with van der Waals surface area (Å²) in [5.74, 6) is 0.471. The maximum absolute atomic E-state index is 11.9. The SMILES string of the molecule is O=c1cc(-c2ccncc2)[nH]c(NCCc2c[nH]c3ccccc23)n1. The van der Waals surface area contributed by atoms with Crippen molar-refractivity contribution in [3.63, 3.8) is 0 Å². The summed E-state index contributed by atoms with van der Waals surface area (Å²) in [4.78, 5) is 26.3. The number of para-hydroxylation sites is 1. The van der Waals surface area contributed by atoms with Crippen LogP contribution in [-0.2, 0) is 6.42 Å². The molecule has 124 valence electrons. The van der Waals surface area contributed by atoms with E-state index in [2.05, 4.69) is 37.4 Å². The second-order valence-corrected chi connectivity index (χ2v) is 5.75. The number of H-pyrrole nitrogens is 2. The van der Waals surface area contributed by atoms with E-state index in [-0.39, 0.29) is 5.56 Å². The molecule has 0 saturated heterocycles. The molecule has 0 fully saturated rings. The Bertz CT molecular complexity index is 1050. The molecular formula is C19H17N5O. The monoisotopic (exact) mass is 331 g/mol. The van der Waals surface area contributed by atoms with Gasteiger partial charge in [0.25, 0.3) is 5.56 Å². The molecule has 0 bridgehead atoms. The third-order valence-electron chi connectivity index (χ3n) is 4.10. The van der Waals surface area contributed by atoms with Crippen LogP contribution in [0.2, 0.25) is 0 Å². The Kier molecular flexibility index (Phi) is 4.00. The van der Waals surface area contributed by atoms with E-state index in [1.165, 1.54) is 17.0 Å². The highest BCUT2D eigenvalue weighted by atomic mass is 16.1. The highest BCUT2D eigenvalue weighted by molar-refractivity contribution is 5.83. The number of nitrogens with zero attached hydrogens (tertiary/aromatic N) is 2. The summed E-state index contributed by atoms with van der Waals surface area (Å²) in [5.41, 5.74) is 3.70. The molecule has 0 atom stereocenters. The van der Waals surface area contributed by atoms with Crippen molar-refractivity contribution >= 4 is 16.9 Å². The Morgan fingerprint density at radius 1 is 1.08 bits per heavy atom. The van der Waals surface area contributed by atoms with Crippen molar-refractivity contribution in [1.82, 2.24) is 19.9 Å². The summed E-state index contributed by atoms with van der Waals surface area (Å²) >= 11 is 0. The summed E-state index contributed by atoms with van der Waals surface area (Å²) < 4.78 is 0. The molecular weight excluding hydrogens is 314 g/mol. The molecule has 3 heterocycles. The minimum Gasteiger partial charge on any atom is -0.361 e. The lowest BCUT2D eigenvalue weighted by Gasteiger charge is -2.07. The number of hydrogen-bond acceptors (Lipinski definition) is 4. The fraction of sp³-hybridized carbons (Fsp3) is 0.105. The third-order valence-corrected chi connectivity index (χ3v) is 4.10. The average molecular weight is 331 g/mol. The maximum atomic E-state index is 11.9. The molecule has 25 heavy (non-hydrogen) atoms. The summed E-state index contributed by atoms with van der Waals surface area (Å²) in [7, 11) is 0. The first-order valence-corrected chi connectivity index (χ1v) is 8.10. The molecule has 3 N–H and O–H groups in total. The number of benzene rings is 1. The molecule has 6 heteroatoms. The van der Waals surface area contributed by atoms with Crippen molar-refractivity contribution in [3.05, 3.63) is 77.0 Å². The van der Waals surface area contributed by atoms with E-state index >= 15 is 0 Å². The zero-order valence-electron chi connectivity index (χ0n) is 13.5. The van der Waals surface area contributed by atoms with Crippen LogP contribution >= 0.6 is 0 Å². The second kappa shape index (κ2) is 6.60. The van der Waals surface area contributed by atoms with E-state index in [1.807, 2.05) is 30.5 Å². The van der Waals surface area contributed by atoms with E-state index in [9.17, 15) is 4.79 Å². The predicted molar refractivity (Wildman–Crippen MR) is 98.6 cm³/mol. The summed E-state index contributed by atoms with van der Waals surface area (Å²) in [6.45, 7) is 0.671. The van der Waals surface area contributed by atoms with Gasteiger partial charge in [-0.1, -0.05) is 18.2 Å². The van der Waals surface area contributed by atoms with Gasteiger partial charge in [-0.2, -0.15) is 4.98 Å². The first-order valence-electron chi connectivity index (χ1n) is 8.10. The average Bonchev–Trinajstić information content (AvgIpc) is 3.05. The molecule has 3 aromatic heterocycles. The zero-order valence-corrected chi connectivity index (χ0v) is 13.5. The van der Waals surface area contributed by atoms with Crippen molar-refractivity contribution in [2.45, 2.75) is 6.42 Å². The maximum Gasteiger partial charge on any atom is 0.275 e. The van der Waals surface area contributed by atoms with Gasteiger partial charge in [-0.3, -0.25) is 9.78 Å². The van der Waals surface area contributed by atoms with Crippen LogP contribution < -0.4 is 10.9 Å². The van der Waals surface area contributed by atoms with Crippen LogP contribution in [0, 0.1) is 0 Å². The Hall–Kier alpha value is -3.41. The fourth-order valence-electron chi connectivity index (χ4n) is 2.88. The summed E-state index contributed by atoms with van der Waals surface area (Å²) in [6.07, 6.45) is 6.24. The lowest BCUT2D eigenvalue weighted by atomic mass is 10.1. The Labute approximate surface area is 144 Å². The number of nitrogens with one attached hydrogen (secondary N) is 3.